The highest BCUT2D eigenvalue weighted by Gasteiger charge is 2.20. The quantitative estimate of drug-likeness (QED) is 0.234. The molecule has 1 heterocycles. The molecular formula is C33H21N3. The Morgan fingerprint density at radius 2 is 1.31 bits per heavy atom. The van der Waals surface area contributed by atoms with E-state index in [2.05, 4.69) is 75.8 Å². The van der Waals surface area contributed by atoms with Crippen LogP contribution in [-0.2, 0) is 0 Å². The second-order valence-corrected chi connectivity index (χ2v) is 8.90. The molecule has 0 radical (unpaired) electrons. The Morgan fingerprint density at radius 1 is 0.583 bits per heavy atom. The summed E-state index contributed by atoms with van der Waals surface area (Å²) in [5.74, 6) is 0. The van der Waals surface area contributed by atoms with E-state index >= 15 is 0 Å². The van der Waals surface area contributed by atoms with Gasteiger partial charge in [-0.3, -0.25) is 0 Å². The predicted octanol–water partition coefficient (Wildman–Crippen LogP) is 9.53. The number of rotatable bonds is 3. The van der Waals surface area contributed by atoms with E-state index in [4.69, 9.17) is 13.1 Å². The number of para-hydroxylation sites is 1. The lowest BCUT2D eigenvalue weighted by Gasteiger charge is -2.18. The summed E-state index contributed by atoms with van der Waals surface area (Å²) >= 11 is 0. The summed E-state index contributed by atoms with van der Waals surface area (Å²) in [7, 11) is 0. The molecule has 0 aliphatic carbocycles. The Morgan fingerprint density at radius 3 is 2.06 bits per heavy atom. The van der Waals surface area contributed by atoms with Crippen molar-refractivity contribution in [3.63, 3.8) is 0 Å². The topological polar surface area (TPSA) is 13.6 Å². The minimum absolute atomic E-state index is 0.587. The van der Waals surface area contributed by atoms with Gasteiger partial charge in [0.2, 0.25) is 5.69 Å². The van der Waals surface area contributed by atoms with Gasteiger partial charge >= 0.3 is 0 Å². The zero-order chi connectivity index (χ0) is 24.6. The van der Waals surface area contributed by atoms with Gasteiger partial charge in [0.1, 0.15) is 0 Å². The van der Waals surface area contributed by atoms with Gasteiger partial charge < -0.3 is 4.57 Å². The second-order valence-electron chi connectivity index (χ2n) is 8.90. The molecule has 5 aromatic carbocycles. The van der Waals surface area contributed by atoms with Crippen molar-refractivity contribution in [1.29, 1.82) is 0 Å². The van der Waals surface area contributed by atoms with Crippen LogP contribution in [0.4, 0.5) is 11.4 Å². The summed E-state index contributed by atoms with van der Waals surface area (Å²) in [6, 6.07) is 36.9. The predicted molar refractivity (Wildman–Crippen MR) is 149 cm³/mol. The number of hydrogen-bond donors (Lipinski definition) is 0. The van der Waals surface area contributed by atoms with Crippen LogP contribution in [0.2, 0.25) is 0 Å². The fraction of sp³-hybridized carbons (Fsp3) is 0.0303. The summed E-state index contributed by atoms with van der Waals surface area (Å²) in [5, 5.41) is 2.08. The molecule has 0 fully saturated rings. The van der Waals surface area contributed by atoms with Crippen molar-refractivity contribution in [2.45, 2.75) is 6.92 Å². The summed E-state index contributed by atoms with van der Waals surface area (Å²) in [5.41, 5.74) is 9.38. The van der Waals surface area contributed by atoms with Gasteiger partial charge in [-0.05, 0) is 64.9 Å². The van der Waals surface area contributed by atoms with Gasteiger partial charge in [-0.2, -0.15) is 0 Å². The molecule has 0 aliphatic heterocycles. The van der Waals surface area contributed by atoms with Crippen molar-refractivity contribution in [1.82, 2.24) is 4.57 Å². The molecule has 0 N–H and O–H groups in total. The standard InChI is InChI=1S/C33H21N3/c1-22-13-15-24(16-14-22)28-19-25(23-9-5-4-6-10-23)20-30(35-3)33(28)36-31-12-8-7-11-27(31)29-21-26(34-2)17-18-32(29)36/h4-21H,1H3. The average Bonchev–Trinajstić information content (AvgIpc) is 3.26. The highest BCUT2D eigenvalue weighted by atomic mass is 15.0. The molecular weight excluding hydrogens is 438 g/mol. The minimum atomic E-state index is 0.587. The molecule has 0 aliphatic rings. The fourth-order valence-electron chi connectivity index (χ4n) is 4.96. The van der Waals surface area contributed by atoms with E-state index in [-0.39, 0.29) is 0 Å². The molecule has 0 bridgehead atoms. The first-order chi connectivity index (χ1) is 17.7. The number of benzene rings is 5. The molecule has 0 spiro atoms. The molecule has 0 saturated heterocycles. The Kier molecular flexibility index (Phi) is 5.11. The van der Waals surface area contributed by atoms with Crippen LogP contribution in [0.3, 0.4) is 0 Å². The summed E-state index contributed by atoms with van der Waals surface area (Å²) in [6.07, 6.45) is 0. The van der Waals surface area contributed by atoms with Crippen molar-refractivity contribution in [2.24, 2.45) is 0 Å². The lowest BCUT2D eigenvalue weighted by atomic mass is 9.95. The first-order valence-electron chi connectivity index (χ1n) is 11.8. The minimum Gasteiger partial charge on any atom is -0.318 e. The number of hydrogen-bond acceptors (Lipinski definition) is 0. The molecule has 3 heteroatoms. The largest absolute Gasteiger partial charge is 0.318 e. The van der Waals surface area contributed by atoms with E-state index in [9.17, 15) is 0 Å². The van der Waals surface area contributed by atoms with Crippen molar-refractivity contribution in [3.8, 4) is 27.9 Å². The van der Waals surface area contributed by atoms with Crippen molar-refractivity contribution < 1.29 is 0 Å². The lowest BCUT2D eigenvalue weighted by molar-refractivity contribution is 1.19. The Labute approximate surface area is 210 Å². The number of aromatic nitrogens is 1. The maximum atomic E-state index is 8.19. The van der Waals surface area contributed by atoms with E-state index in [1.165, 1.54) is 5.56 Å². The number of nitrogens with zero attached hydrogens (tertiary/aromatic N) is 3. The van der Waals surface area contributed by atoms with Gasteiger partial charge in [0.15, 0.2) is 5.69 Å². The third-order valence-corrected chi connectivity index (χ3v) is 6.69. The first-order valence-corrected chi connectivity index (χ1v) is 11.8. The van der Waals surface area contributed by atoms with Crippen LogP contribution >= 0.6 is 0 Å². The molecule has 0 amide bonds. The maximum Gasteiger partial charge on any atom is 0.211 e. The normalized spacial score (nSPS) is 10.9. The number of fused-ring (bicyclic) bond motifs is 3. The molecule has 3 nitrogen and oxygen atoms in total. The summed E-state index contributed by atoms with van der Waals surface area (Å²) in [6.45, 7) is 17.8. The molecule has 6 rings (SSSR count). The molecule has 1 aromatic heterocycles. The van der Waals surface area contributed by atoms with Gasteiger partial charge in [-0.1, -0.05) is 84.4 Å². The second kappa shape index (κ2) is 8.58. The molecule has 6 aromatic rings. The summed E-state index contributed by atoms with van der Waals surface area (Å²) in [4.78, 5) is 7.70. The molecule has 0 unspecified atom stereocenters. The smallest absolute Gasteiger partial charge is 0.211 e. The molecule has 168 valence electrons. The zero-order valence-corrected chi connectivity index (χ0v) is 19.7. The van der Waals surface area contributed by atoms with Gasteiger partial charge in [0.25, 0.3) is 0 Å². The Balaban J connectivity index is 1.77. The van der Waals surface area contributed by atoms with Gasteiger partial charge in [-0.15, -0.1) is 0 Å². The van der Waals surface area contributed by atoms with Crippen molar-refractivity contribution in [2.75, 3.05) is 0 Å². The molecule has 0 atom stereocenters. The van der Waals surface area contributed by atoms with E-state index in [0.29, 0.717) is 11.4 Å². The summed E-state index contributed by atoms with van der Waals surface area (Å²) < 4.78 is 2.19. The number of aryl methyl sites for hydroxylation is 1. The molecule has 36 heavy (non-hydrogen) atoms. The highest BCUT2D eigenvalue weighted by Crippen LogP contribution is 2.43. The molecule has 0 saturated carbocycles. The monoisotopic (exact) mass is 459 g/mol. The van der Waals surface area contributed by atoms with Crippen LogP contribution in [0.5, 0.6) is 0 Å². The average molecular weight is 460 g/mol. The van der Waals surface area contributed by atoms with Gasteiger partial charge in [0.05, 0.1) is 29.9 Å². The SMILES string of the molecule is [C-]#[N+]c1ccc2c(c1)c1ccccc1n2-c1c([N+]#[C-])cc(-c2ccccc2)cc1-c1ccc(C)cc1. The van der Waals surface area contributed by atoms with E-state index < -0.39 is 0 Å². The van der Waals surface area contributed by atoms with Crippen LogP contribution in [-0.4, -0.2) is 4.57 Å². The van der Waals surface area contributed by atoms with Crippen molar-refractivity contribution in [3.05, 3.63) is 138 Å². The van der Waals surface area contributed by atoms with Gasteiger partial charge in [0, 0.05) is 5.39 Å². The van der Waals surface area contributed by atoms with E-state index in [1.54, 1.807) is 0 Å². The van der Waals surface area contributed by atoms with Crippen LogP contribution in [0, 0.1) is 20.1 Å². The zero-order valence-electron chi connectivity index (χ0n) is 19.7. The first kappa shape index (κ1) is 21.4. The van der Waals surface area contributed by atoms with E-state index in [1.807, 2.05) is 54.6 Å². The Hall–Kier alpha value is -5.12. The van der Waals surface area contributed by atoms with Gasteiger partial charge in [-0.25, -0.2) is 9.69 Å². The highest BCUT2D eigenvalue weighted by molar-refractivity contribution is 6.11. The maximum absolute atomic E-state index is 8.19. The lowest BCUT2D eigenvalue weighted by Crippen LogP contribution is -1.99. The van der Waals surface area contributed by atoms with Crippen LogP contribution in [0.1, 0.15) is 5.56 Å². The third-order valence-electron chi connectivity index (χ3n) is 6.69. The van der Waals surface area contributed by atoms with E-state index in [0.717, 1.165) is 49.7 Å². The fourth-order valence-corrected chi connectivity index (χ4v) is 4.96. The third kappa shape index (κ3) is 3.43. The van der Waals surface area contributed by atoms with Crippen LogP contribution in [0.15, 0.2) is 109 Å². The Bertz CT molecular complexity index is 1840. The van der Waals surface area contributed by atoms with Crippen molar-refractivity contribution >= 4 is 33.2 Å². The van der Waals surface area contributed by atoms with Crippen LogP contribution in [0.25, 0.3) is 59.4 Å². The van der Waals surface area contributed by atoms with Crippen LogP contribution < -0.4 is 0 Å².